The van der Waals surface area contributed by atoms with E-state index in [9.17, 15) is 0 Å². The van der Waals surface area contributed by atoms with Crippen LogP contribution in [-0.4, -0.2) is 40.4 Å². The lowest BCUT2D eigenvalue weighted by Gasteiger charge is -2.09. The lowest BCUT2D eigenvalue weighted by atomic mass is 10.0. The second kappa shape index (κ2) is 8.72. The molecule has 0 saturated heterocycles. The summed E-state index contributed by atoms with van der Waals surface area (Å²) in [6, 6.07) is 12.1. The fourth-order valence-electron chi connectivity index (χ4n) is 3.38. The third kappa shape index (κ3) is 4.37. The van der Waals surface area contributed by atoms with Gasteiger partial charge in [-0.2, -0.15) is 5.10 Å². The molecule has 3 aromatic heterocycles. The number of hydrogen-bond acceptors (Lipinski definition) is 6. The number of pyridine rings is 1. The highest BCUT2D eigenvalue weighted by molar-refractivity contribution is 5.78. The van der Waals surface area contributed by atoms with Gasteiger partial charge in [-0.15, -0.1) is 5.10 Å². The summed E-state index contributed by atoms with van der Waals surface area (Å²) in [6.45, 7) is 4.82. The van der Waals surface area contributed by atoms with Gasteiger partial charge in [0, 0.05) is 23.7 Å². The number of nitrogens with zero attached hydrogens (tertiary/aromatic N) is 7. The Morgan fingerprint density at radius 1 is 1.03 bits per heavy atom. The molecule has 0 aliphatic rings. The van der Waals surface area contributed by atoms with Crippen LogP contribution >= 0.6 is 0 Å². The highest BCUT2D eigenvalue weighted by atomic mass is 15.5. The van der Waals surface area contributed by atoms with Crippen molar-refractivity contribution in [3.63, 3.8) is 0 Å². The average Bonchev–Trinajstić information content (AvgIpc) is 3.39. The predicted molar refractivity (Wildman–Crippen MR) is 110 cm³/mol. The Labute approximate surface area is 169 Å². The van der Waals surface area contributed by atoms with Crippen molar-refractivity contribution in [1.82, 2.24) is 40.4 Å². The normalized spacial score (nSPS) is 11.1. The monoisotopic (exact) mass is 388 g/mol. The molecule has 29 heavy (non-hydrogen) atoms. The number of tetrazole rings is 1. The third-order valence-corrected chi connectivity index (χ3v) is 4.82. The van der Waals surface area contributed by atoms with E-state index in [1.807, 2.05) is 48.1 Å². The number of nitrogens with one attached hydrogen (secondary N) is 1. The van der Waals surface area contributed by atoms with Gasteiger partial charge in [0.2, 0.25) is 0 Å². The molecule has 0 fully saturated rings. The van der Waals surface area contributed by atoms with Crippen molar-refractivity contribution >= 4 is 0 Å². The lowest BCUT2D eigenvalue weighted by Crippen LogP contribution is -2.07. The number of benzene rings is 1. The first-order chi connectivity index (χ1) is 14.2. The number of H-pyrrole nitrogens is 1. The molecule has 0 unspecified atom stereocenters. The number of unbranched alkanes of at least 4 members (excludes halogenated alkanes) is 2. The van der Waals surface area contributed by atoms with Gasteiger partial charge in [0.1, 0.15) is 11.6 Å². The smallest absolute Gasteiger partial charge is 0.180 e. The first-order valence-electron chi connectivity index (χ1n) is 9.93. The van der Waals surface area contributed by atoms with Crippen molar-refractivity contribution < 1.29 is 0 Å². The van der Waals surface area contributed by atoms with Crippen LogP contribution in [0.1, 0.15) is 43.4 Å². The molecule has 0 atom stereocenters. The van der Waals surface area contributed by atoms with E-state index in [0.29, 0.717) is 12.4 Å². The van der Waals surface area contributed by atoms with Crippen LogP contribution in [0.15, 0.2) is 42.6 Å². The number of aromatic nitrogens is 8. The second-order valence-corrected chi connectivity index (χ2v) is 7.04. The quantitative estimate of drug-likeness (QED) is 0.463. The molecule has 0 spiro atoms. The van der Waals surface area contributed by atoms with Gasteiger partial charge < -0.3 is 0 Å². The fourth-order valence-corrected chi connectivity index (χ4v) is 3.38. The molecule has 1 N–H and O–H groups in total. The minimum atomic E-state index is 0.626. The van der Waals surface area contributed by atoms with Gasteiger partial charge in [-0.25, -0.2) is 14.8 Å². The van der Waals surface area contributed by atoms with Gasteiger partial charge in [-0.05, 0) is 35.4 Å². The van der Waals surface area contributed by atoms with Gasteiger partial charge in [0.25, 0.3) is 0 Å². The van der Waals surface area contributed by atoms with E-state index in [0.717, 1.165) is 46.9 Å². The number of hydrogen-bond donors (Lipinski definition) is 1. The first kappa shape index (κ1) is 18.9. The summed E-state index contributed by atoms with van der Waals surface area (Å²) in [5, 5.41) is 18.8. The van der Waals surface area contributed by atoms with Crippen molar-refractivity contribution in [1.29, 1.82) is 0 Å². The molecule has 0 radical (unpaired) electrons. The Bertz CT molecular complexity index is 1050. The second-order valence-electron chi connectivity index (χ2n) is 7.04. The summed E-state index contributed by atoms with van der Waals surface area (Å²) >= 11 is 0. The molecular formula is C21H24N8. The molecule has 0 bridgehead atoms. The van der Waals surface area contributed by atoms with Crippen LogP contribution in [0.2, 0.25) is 0 Å². The van der Waals surface area contributed by atoms with Gasteiger partial charge >= 0.3 is 0 Å². The summed E-state index contributed by atoms with van der Waals surface area (Å²) in [6.07, 6.45) is 6.40. The average molecular weight is 388 g/mol. The topological polar surface area (TPSA) is 98.1 Å². The molecule has 4 aromatic rings. The standard InChI is InChI=1S/C21H24N8/c1-3-4-5-10-20-23-15(2)26-29(20)14-16-11-12-19(22-13-16)17-8-6-7-9-18(17)21-24-27-28-25-21/h6-9,11-13H,3-5,10,14H2,1-2H3,(H,24,25,27,28). The lowest BCUT2D eigenvalue weighted by molar-refractivity contribution is 0.605. The van der Waals surface area contributed by atoms with E-state index < -0.39 is 0 Å². The van der Waals surface area contributed by atoms with E-state index in [-0.39, 0.29) is 0 Å². The molecule has 4 rings (SSSR count). The predicted octanol–water partition coefficient (Wildman–Crippen LogP) is 3.61. The molecule has 0 amide bonds. The zero-order chi connectivity index (χ0) is 20.1. The van der Waals surface area contributed by atoms with E-state index in [1.54, 1.807) is 0 Å². The van der Waals surface area contributed by atoms with Crippen LogP contribution < -0.4 is 0 Å². The molecule has 0 saturated carbocycles. The van der Waals surface area contributed by atoms with Crippen LogP contribution in [0.4, 0.5) is 0 Å². The minimum absolute atomic E-state index is 0.626. The van der Waals surface area contributed by atoms with Crippen molar-refractivity contribution in [3.05, 3.63) is 59.8 Å². The largest absolute Gasteiger partial charge is 0.256 e. The highest BCUT2D eigenvalue weighted by Crippen LogP contribution is 2.28. The van der Waals surface area contributed by atoms with Crippen molar-refractivity contribution in [2.75, 3.05) is 0 Å². The SMILES string of the molecule is CCCCCc1nc(C)nn1Cc1ccc(-c2ccccc2-c2nnn[nH]2)nc1. The number of rotatable bonds is 8. The van der Waals surface area contributed by atoms with Gasteiger partial charge in [-0.1, -0.05) is 50.1 Å². The maximum absolute atomic E-state index is 4.68. The van der Waals surface area contributed by atoms with Crippen LogP contribution in [0, 0.1) is 6.92 Å². The van der Waals surface area contributed by atoms with Crippen LogP contribution in [-0.2, 0) is 13.0 Å². The van der Waals surface area contributed by atoms with E-state index in [2.05, 4.69) is 48.7 Å². The number of aryl methyl sites for hydroxylation is 2. The van der Waals surface area contributed by atoms with Crippen LogP contribution in [0.25, 0.3) is 22.6 Å². The Kier molecular flexibility index (Phi) is 5.69. The van der Waals surface area contributed by atoms with Crippen LogP contribution in [0.3, 0.4) is 0 Å². The van der Waals surface area contributed by atoms with Crippen molar-refractivity contribution in [2.24, 2.45) is 0 Å². The van der Waals surface area contributed by atoms with Gasteiger partial charge in [-0.3, -0.25) is 4.98 Å². The third-order valence-electron chi connectivity index (χ3n) is 4.82. The summed E-state index contributed by atoms with van der Waals surface area (Å²) in [5.41, 5.74) is 3.87. The molecular weight excluding hydrogens is 364 g/mol. The summed E-state index contributed by atoms with van der Waals surface area (Å²) in [7, 11) is 0. The highest BCUT2D eigenvalue weighted by Gasteiger charge is 2.12. The summed E-state index contributed by atoms with van der Waals surface area (Å²) in [5.74, 6) is 2.49. The zero-order valence-corrected chi connectivity index (χ0v) is 16.7. The maximum atomic E-state index is 4.68. The van der Waals surface area contributed by atoms with E-state index >= 15 is 0 Å². The first-order valence-corrected chi connectivity index (χ1v) is 9.93. The van der Waals surface area contributed by atoms with E-state index in [4.69, 9.17) is 0 Å². The van der Waals surface area contributed by atoms with Crippen molar-refractivity contribution in [3.8, 4) is 22.6 Å². The molecule has 1 aromatic carbocycles. The molecule has 8 nitrogen and oxygen atoms in total. The molecule has 3 heterocycles. The zero-order valence-electron chi connectivity index (χ0n) is 16.7. The van der Waals surface area contributed by atoms with Gasteiger partial charge in [0.15, 0.2) is 5.82 Å². The minimum Gasteiger partial charge on any atom is -0.256 e. The molecule has 0 aliphatic heterocycles. The van der Waals surface area contributed by atoms with Crippen LogP contribution in [0.5, 0.6) is 0 Å². The summed E-state index contributed by atoms with van der Waals surface area (Å²) in [4.78, 5) is 9.28. The van der Waals surface area contributed by atoms with Gasteiger partial charge in [0.05, 0.1) is 12.2 Å². The molecule has 0 aliphatic carbocycles. The number of aromatic amines is 1. The Morgan fingerprint density at radius 2 is 1.90 bits per heavy atom. The van der Waals surface area contributed by atoms with Crippen molar-refractivity contribution in [2.45, 2.75) is 46.1 Å². The molecule has 148 valence electrons. The Morgan fingerprint density at radius 3 is 2.62 bits per heavy atom. The van der Waals surface area contributed by atoms with E-state index in [1.165, 1.54) is 12.8 Å². The summed E-state index contributed by atoms with van der Waals surface area (Å²) < 4.78 is 2.00. The molecule has 8 heteroatoms. The Balaban J connectivity index is 1.54. The Hall–Kier alpha value is -3.42. The fraction of sp³-hybridized carbons (Fsp3) is 0.333. The maximum Gasteiger partial charge on any atom is 0.180 e.